The molecule has 2 aliphatic heterocycles. The van der Waals surface area contributed by atoms with Crippen molar-refractivity contribution in [3.8, 4) is 0 Å². The highest BCUT2D eigenvalue weighted by molar-refractivity contribution is 9.11. The van der Waals surface area contributed by atoms with Crippen LogP contribution in [0, 0.1) is 0 Å². The molecule has 0 saturated carbocycles. The fourth-order valence-electron chi connectivity index (χ4n) is 2.78. The van der Waals surface area contributed by atoms with Gasteiger partial charge in [0.05, 0.1) is 11.5 Å². The van der Waals surface area contributed by atoms with Gasteiger partial charge in [-0.3, -0.25) is 9.80 Å². The second-order valence-electron chi connectivity index (χ2n) is 5.21. The standard InChI is InChI=1S/C12H21BrN2O2S/c1-11(13)10-14-4-2-12(3-5-14)15-6-8-18(16,17)9-7-15/h12H,1-10H2. The smallest absolute Gasteiger partial charge is 0.152 e. The van der Waals surface area contributed by atoms with Crippen molar-refractivity contribution in [2.75, 3.05) is 44.2 Å². The van der Waals surface area contributed by atoms with Crippen LogP contribution in [-0.4, -0.2) is 68.5 Å². The second-order valence-corrected chi connectivity index (χ2v) is 8.64. The van der Waals surface area contributed by atoms with Gasteiger partial charge < -0.3 is 0 Å². The summed E-state index contributed by atoms with van der Waals surface area (Å²) in [6.45, 7) is 8.39. The van der Waals surface area contributed by atoms with Crippen molar-refractivity contribution in [2.45, 2.75) is 18.9 Å². The summed E-state index contributed by atoms with van der Waals surface area (Å²) in [7, 11) is -2.75. The molecule has 0 amide bonds. The van der Waals surface area contributed by atoms with Crippen LogP contribution in [0.25, 0.3) is 0 Å². The molecule has 2 heterocycles. The zero-order chi connectivity index (χ0) is 13.2. The third-order valence-corrected chi connectivity index (χ3v) is 5.71. The van der Waals surface area contributed by atoms with Gasteiger partial charge in [0.15, 0.2) is 9.84 Å². The molecule has 4 nitrogen and oxygen atoms in total. The Morgan fingerprint density at radius 2 is 1.72 bits per heavy atom. The van der Waals surface area contributed by atoms with Gasteiger partial charge in [-0.15, -0.1) is 0 Å². The Bertz CT molecular complexity index is 388. The normalized spacial score (nSPS) is 27.2. The first-order valence-corrected chi connectivity index (χ1v) is 9.08. The molecular weight excluding hydrogens is 316 g/mol. The summed E-state index contributed by atoms with van der Waals surface area (Å²) >= 11 is 3.40. The van der Waals surface area contributed by atoms with Gasteiger partial charge in [-0.25, -0.2) is 8.42 Å². The van der Waals surface area contributed by atoms with Crippen LogP contribution < -0.4 is 0 Å². The molecule has 0 aromatic heterocycles. The van der Waals surface area contributed by atoms with Gasteiger partial charge in [0, 0.05) is 30.2 Å². The number of halogens is 1. The molecular formula is C12H21BrN2O2S. The fraction of sp³-hybridized carbons (Fsp3) is 0.833. The van der Waals surface area contributed by atoms with Gasteiger partial charge in [0.2, 0.25) is 0 Å². The minimum absolute atomic E-state index is 0.339. The monoisotopic (exact) mass is 336 g/mol. The van der Waals surface area contributed by atoms with E-state index in [-0.39, 0.29) is 0 Å². The Balaban J connectivity index is 1.78. The third-order valence-electron chi connectivity index (χ3n) is 3.85. The van der Waals surface area contributed by atoms with Gasteiger partial charge in [-0.1, -0.05) is 22.5 Å². The summed E-state index contributed by atoms with van der Waals surface area (Å²) in [5.74, 6) is 0.677. The average Bonchev–Trinajstić information content (AvgIpc) is 2.30. The predicted octanol–water partition coefficient (Wildman–Crippen LogP) is 1.09. The van der Waals surface area contributed by atoms with Crippen LogP contribution in [0.2, 0.25) is 0 Å². The van der Waals surface area contributed by atoms with Crippen LogP contribution in [0.3, 0.4) is 0 Å². The van der Waals surface area contributed by atoms with E-state index in [0.29, 0.717) is 17.5 Å². The number of rotatable bonds is 3. The van der Waals surface area contributed by atoms with E-state index in [1.807, 2.05) is 0 Å². The Morgan fingerprint density at radius 3 is 2.22 bits per heavy atom. The van der Waals surface area contributed by atoms with Crippen molar-refractivity contribution in [3.05, 3.63) is 11.1 Å². The summed E-state index contributed by atoms with van der Waals surface area (Å²) < 4.78 is 23.8. The van der Waals surface area contributed by atoms with Crippen molar-refractivity contribution < 1.29 is 8.42 Å². The maximum atomic E-state index is 11.4. The molecule has 6 heteroatoms. The zero-order valence-electron chi connectivity index (χ0n) is 10.6. The van der Waals surface area contributed by atoms with Crippen molar-refractivity contribution >= 4 is 25.8 Å². The quantitative estimate of drug-likeness (QED) is 0.773. The van der Waals surface area contributed by atoms with Gasteiger partial charge in [0.25, 0.3) is 0 Å². The van der Waals surface area contributed by atoms with Crippen LogP contribution in [0.15, 0.2) is 11.1 Å². The maximum Gasteiger partial charge on any atom is 0.152 e. The van der Waals surface area contributed by atoms with E-state index < -0.39 is 9.84 Å². The molecule has 0 N–H and O–H groups in total. The summed E-state index contributed by atoms with van der Waals surface area (Å²) in [5, 5.41) is 0. The molecule has 2 saturated heterocycles. The fourth-order valence-corrected chi connectivity index (χ4v) is 4.36. The molecule has 0 aliphatic carbocycles. The van der Waals surface area contributed by atoms with Crippen molar-refractivity contribution in [1.82, 2.24) is 9.80 Å². The first-order chi connectivity index (χ1) is 8.46. The van der Waals surface area contributed by atoms with E-state index in [1.54, 1.807) is 0 Å². The molecule has 2 rings (SSSR count). The molecule has 0 atom stereocenters. The average molecular weight is 337 g/mol. The van der Waals surface area contributed by atoms with Crippen molar-refractivity contribution in [2.24, 2.45) is 0 Å². The summed E-state index contributed by atoms with van der Waals surface area (Å²) in [5.41, 5.74) is 0. The minimum atomic E-state index is -2.75. The first-order valence-electron chi connectivity index (χ1n) is 6.46. The van der Waals surface area contributed by atoms with E-state index in [4.69, 9.17) is 0 Å². The zero-order valence-corrected chi connectivity index (χ0v) is 13.0. The maximum absolute atomic E-state index is 11.4. The number of sulfone groups is 1. The number of nitrogens with zero attached hydrogens (tertiary/aromatic N) is 2. The molecule has 2 fully saturated rings. The lowest BCUT2D eigenvalue weighted by Crippen LogP contribution is -2.50. The van der Waals surface area contributed by atoms with E-state index in [9.17, 15) is 8.42 Å². The lowest BCUT2D eigenvalue weighted by molar-refractivity contribution is 0.121. The Hall–Kier alpha value is 0.0900. The highest BCUT2D eigenvalue weighted by Crippen LogP contribution is 2.20. The van der Waals surface area contributed by atoms with Gasteiger partial charge in [-0.2, -0.15) is 0 Å². The highest BCUT2D eigenvalue weighted by Gasteiger charge is 2.29. The molecule has 18 heavy (non-hydrogen) atoms. The molecule has 0 aromatic carbocycles. The van der Waals surface area contributed by atoms with Crippen LogP contribution in [0.4, 0.5) is 0 Å². The molecule has 2 aliphatic rings. The number of piperidine rings is 1. The molecule has 0 spiro atoms. The van der Waals surface area contributed by atoms with E-state index in [2.05, 4.69) is 32.3 Å². The van der Waals surface area contributed by atoms with E-state index >= 15 is 0 Å². The Morgan fingerprint density at radius 1 is 1.17 bits per heavy atom. The second kappa shape index (κ2) is 6.03. The van der Waals surface area contributed by atoms with Crippen molar-refractivity contribution in [3.63, 3.8) is 0 Å². The molecule has 0 radical (unpaired) electrons. The summed E-state index contributed by atoms with van der Waals surface area (Å²) in [4.78, 5) is 4.76. The SMILES string of the molecule is C=C(Br)CN1CCC(N2CCS(=O)(=O)CC2)CC1. The largest absolute Gasteiger partial charge is 0.298 e. The van der Waals surface area contributed by atoms with Gasteiger partial charge >= 0.3 is 0 Å². The first kappa shape index (κ1) is 14.5. The number of hydrogen-bond acceptors (Lipinski definition) is 4. The summed E-state index contributed by atoms with van der Waals surface area (Å²) in [6.07, 6.45) is 2.28. The lowest BCUT2D eigenvalue weighted by Gasteiger charge is -2.40. The van der Waals surface area contributed by atoms with E-state index in [0.717, 1.165) is 50.0 Å². The van der Waals surface area contributed by atoms with Crippen LogP contribution >= 0.6 is 15.9 Å². The number of hydrogen-bond donors (Lipinski definition) is 0. The van der Waals surface area contributed by atoms with Gasteiger partial charge in [-0.05, 0) is 25.9 Å². The topological polar surface area (TPSA) is 40.6 Å². The summed E-state index contributed by atoms with van der Waals surface area (Å²) in [6, 6.07) is 0.570. The Labute approximate surface area is 118 Å². The molecule has 104 valence electrons. The Kier molecular flexibility index (Phi) is 4.86. The van der Waals surface area contributed by atoms with Crippen molar-refractivity contribution in [1.29, 1.82) is 0 Å². The predicted molar refractivity (Wildman–Crippen MR) is 77.8 cm³/mol. The third kappa shape index (κ3) is 4.05. The van der Waals surface area contributed by atoms with Gasteiger partial charge in [0.1, 0.15) is 0 Å². The van der Waals surface area contributed by atoms with Crippen LogP contribution in [-0.2, 0) is 9.84 Å². The van der Waals surface area contributed by atoms with Crippen LogP contribution in [0.1, 0.15) is 12.8 Å². The lowest BCUT2D eigenvalue weighted by atomic mass is 10.0. The highest BCUT2D eigenvalue weighted by atomic mass is 79.9. The molecule has 0 unspecified atom stereocenters. The van der Waals surface area contributed by atoms with Crippen LogP contribution in [0.5, 0.6) is 0 Å². The molecule has 0 aromatic rings. The van der Waals surface area contributed by atoms with E-state index in [1.165, 1.54) is 0 Å². The minimum Gasteiger partial charge on any atom is -0.298 e. The molecule has 0 bridgehead atoms. The number of likely N-dealkylation sites (tertiary alicyclic amines) is 1.